The third-order valence-electron chi connectivity index (χ3n) is 3.83. The van der Waals surface area contributed by atoms with Crippen molar-refractivity contribution in [3.8, 4) is 0 Å². The highest BCUT2D eigenvalue weighted by Crippen LogP contribution is 2.17. The molecule has 1 atom stereocenters. The van der Waals surface area contributed by atoms with Crippen molar-refractivity contribution in [1.82, 2.24) is 15.2 Å². The second-order valence-corrected chi connectivity index (χ2v) is 5.22. The Morgan fingerprint density at radius 2 is 2.05 bits per heavy atom. The van der Waals surface area contributed by atoms with Crippen LogP contribution in [-0.2, 0) is 4.79 Å². The normalized spacial score (nSPS) is 17.1. The Morgan fingerprint density at radius 3 is 2.55 bits per heavy atom. The second kappa shape index (κ2) is 6.70. The van der Waals surface area contributed by atoms with Crippen LogP contribution in [0.3, 0.4) is 0 Å². The van der Waals surface area contributed by atoms with E-state index in [1.54, 1.807) is 6.92 Å². The summed E-state index contributed by atoms with van der Waals surface area (Å²) in [5, 5.41) is 3.38. The molecule has 1 unspecified atom stereocenters. The Hall–Kier alpha value is -1.62. The molecule has 0 spiro atoms. The number of carbonyl (C=O) groups excluding carboxylic acids is 1. The van der Waals surface area contributed by atoms with Crippen LogP contribution in [0.1, 0.15) is 32.4 Å². The summed E-state index contributed by atoms with van der Waals surface area (Å²) in [6, 6.07) is 4.54. The van der Waals surface area contributed by atoms with Crippen molar-refractivity contribution >= 4 is 11.7 Å². The largest absolute Gasteiger partial charge is 0.353 e. The average Bonchev–Trinajstić information content (AvgIpc) is 2.48. The summed E-state index contributed by atoms with van der Waals surface area (Å²) in [4.78, 5) is 20.0. The molecule has 5 nitrogen and oxygen atoms in total. The third-order valence-corrected chi connectivity index (χ3v) is 3.83. The lowest BCUT2D eigenvalue weighted by atomic mass is 10.1. The molecule has 2 heterocycles. The van der Waals surface area contributed by atoms with Gasteiger partial charge in [-0.1, -0.05) is 13.0 Å². The Kier molecular flexibility index (Phi) is 4.95. The summed E-state index contributed by atoms with van der Waals surface area (Å²) in [6.45, 7) is 10.1. The van der Waals surface area contributed by atoms with Gasteiger partial charge in [-0.25, -0.2) is 4.98 Å². The van der Waals surface area contributed by atoms with E-state index >= 15 is 0 Å². The predicted molar refractivity (Wildman–Crippen MR) is 80.8 cm³/mol. The molecule has 1 fully saturated rings. The molecular weight excluding hydrogens is 252 g/mol. The molecule has 1 aliphatic heterocycles. The Labute approximate surface area is 121 Å². The summed E-state index contributed by atoms with van der Waals surface area (Å²) in [6.07, 6.45) is 1.94. The molecule has 0 aromatic carbocycles. The van der Waals surface area contributed by atoms with Gasteiger partial charge in [0.1, 0.15) is 5.82 Å². The number of rotatable bonds is 4. The van der Waals surface area contributed by atoms with E-state index in [-0.39, 0.29) is 5.91 Å². The van der Waals surface area contributed by atoms with Crippen molar-refractivity contribution in [3.05, 3.63) is 23.9 Å². The van der Waals surface area contributed by atoms with Gasteiger partial charge >= 0.3 is 0 Å². The zero-order valence-corrected chi connectivity index (χ0v) is 12.6. The molecule has 0 saturated carbocycles. The minimum absolute atomic E-state index is 0.160. The molecule has 1 saturated heterocycles. The number of aromatic nitrogens is 1. The quantitative estimate of drug-likeness (QED) is 0.903. The molecule has 0 bridgehead atoms. The molecule has 1 N–H and O–H groups in total. The SMILES string of the molecule is CCNC(C)c1ccc(N2CCN(C(C)=O)CC2)nc1. The Bertz CT molecular complexity index is 438. The molecule has 20 heavy (non-hydrogen) atoms. The smallest absolute Gasteiger partial charge is 0.219 e. The molecule has 5 heteroatoms. The van der Waals surface area contributed by atoms with E-state index in [0.717, 1.165) is 38.5 Å². The summed E-state index contributed by atoms with van der Waals surface area (Å²) < 4.78 is 0. The first-order valence-electron chi connectivity index (χ1n) is 7.31. The fourth-order valence-corrected chi connectivity index (χ4v) is 2.52. The maximum absolute atomic E-state index is 11.3. The zero-order chi connectivity index (χ0) is 14.5. The number of hydrogen-bond acceptors (Lipinski definition) is 4. The van der Waals surface area contributed by atoms with Crippen LogP contribution in [0.4, 0.5) is 5.82 Å². The van der Waals surface area contributed by atoms with Crippen molar-refractivity contribution in [2.75, 3.05) is 37.6 Å². The van der Waals surface area contributed by atoms with Gasteiger partial charge in [0.05, 0.1) is 0 Å². The first kappa shape index (κ1) is 14.8. The van der Waals surface area contributed by atoms with Crippen molar-refractivity contribution in [2.45, 2.75) is 26.8 Å². The van der Waals surface area contributed by atoms with Gasteiger partial charge in [0.25, 0.3) is 0 Å². The van der Waals surface area contributed by atoms with Crippen LogP contribution < -0.4 is 10.2 Å². The van der Waals surface area contributed by atoms with E-state index in [2.05, 4.69) is 41.2 Å². The minimum atomic E-state index is 0.160. The van der Waals surface area contributed by atoms with E-state index in [9.17, 15) is 4.79 Å². The van der Waals surface area contributed by atoms with Crippen molar-refractivity contribution in [3.63, 3.8) is 0 Å². The van der Waals surface area contributed by atoms with E-state index < -0.39 is 0 Å². The van der Waals surface area contributed by atoms with Crippen LogP contribution in [-0.4, -0.2) is 48.5 Å². The van der Waals surface area contributed by atoms with Gasteiger partial charge in [-0.05, 0) is 25.1 Å². The molecule has 1 aromatic heterocycles. The van der Waals surface area contributed by atoms with Gasteiger partial charge < -0.3 is 15.1 Å². The highest BCUT2D eigenvalue weighted by molar-refractivity contribution is 5.73. The summed E-state index contributed by atoms with van der Waals surface area (Å²) in [5.41, 5.74) is 1.21. The fraction of sp³-hybridized carbons (Fsp3) is 0.600. The van der Waals surface area contributed by atoms with E-state index in [1.807, 2.05) is 11.1 Å². The van der Waals surface area contributed by atoms with Crippen molar-refractivity contribution in [1.29, 1.82) is 0 Å². The molecule has 0 radical (unpaired) electrons. The molecule has 1 amide bonds. The third kappa shape index (κ3) is 3.48. The highest BCUT2D eigenvalue weighted by Gasteiger charge is 2.19. The number of nitrogens with zero attached hydrogens (tertiary/aromatic N) is 3. The number of anilines is 1. The van der Waals surface area contributed by atoms with Gasteiger partial charge in [-0.15, -0.1) is 0 Å². The summed E-state index contributed by atoms with van der Waals surface area (Å²) >= 11 is 0. The zero-order valence-electron chi connectivity index (χ0n) is 12.6. The van der Waals surface area contributed by atoms with Crippen LogP contribution >= 0.6 is 0 Å². The Balaban J connectivity index is 1.96. The molecule has 1 aliphatic rings. The van der Waals surface area contributed by atoms with Crippen LogP contribution in [0.25, 0.3) is 0 Å². The van der Waals surface area contributed by atoms with E-state index in [1.165, 1.54) is 5.56 Å². The predicted octanol–water partition coefficient (Wildman–Crippen LogP) is 1.42. The summed E-state index contributed by atoms with van der Waals surface area (Å²) in [5.74, 6) is 1.16. The average molecular weight is 276 g/mol. The maximum atomic E-state index is 11.3. The standard InChI is InChI=1S/C15H24N4O/c1-4-16-12(2)14-5-6-15(17-11-14)19-9-7-18(8-10-19)13(3)20/h5-6,11-12,16H,4,7-10H2,1-3H3. The number of pyridine rings is 1. The fourth-order valence-electron chi connectivity index (χ4n) is 2.52. The number of hydrogen-bond donors (Lipinski definition) is 1. The molecule has 1 aromatic rings. The topological polar surface area (TPSA) is 48.5 Å². The van der Waals surface area contributed by atoms with Crippen molar-refractivity contribution < 1.29 is 4.79 Å². The van der Waals surface area contributed by atoms with Crippen LogP contribution in [0, 0.1) is 0 Å². The van der Waals surface area contributed by atoms with Gasteiger partial charge in [-0.3, -0.25) is 4.79 Å². The minimum Gasteiger partial charge on any atom is -0.353 e. The molecular formula is C15H24N4O. The van der Waals surface area contributed by atoms with Gasteiger partial charge in [0, 0.05) is 45.3 Å². The van der Waals surface area contributed by atoms with Gasteiger partial charge in [-0.2, -0.15) is 0 Å². The lowest BCUT2D eigenvalue weighted by Gasteiger charge is -2.35. The maximum Gasteiger partial charge on any atom is 0.219 e. The van der Waals surface area contributed by atoms with Crippen LogP contribution in [0.2, 0.25) is 0 Å². The van der Waals surface area contributed by atoms with E-state index in [4.69, 9.17) is 0 Å². The van der Waals surface area contributed by atoms with Gasteiger partial charge in [0.15, 0.2) is 0 Å². The van der Waals surface area contributed by atoms with Crippen molar-refractivity contribution in [2.24, 2.45) is 0 Å². The first-order chi connectivity index (χ1) is 9.61. The van der Waals surface area contributed by atoms with Gasteiger partial charge in [0.2, 0.25) is 5.91 Å². The molecule has 110 valence electrons. The first-order valence-corrected chi connectivity index (χ1v) is 7.31. The second-order valence-electron chi connectivity index (χ2n) is 5.22. The highest BCUT2D eigenvalue weighted by atomic mass is 16.2. The lowest BCUT2D eigenvalue weighted by Crippen LogP contribution is -2.48. The Morgan fingerprint density at radius 1 is 1.35 bits per heavy atom. The molecule has 0 aliphatic carbocycles. The number of carbonyl (C=O) groups is 1. The number of nitrogens with one attached hydrogen (secondary N) is 1. The molecule has 2 rings (SSSR count). The lowest BCUT2D eigenvalue weighted by molar-refractivity contribution is -0.129. The monoisotopic (exact) mass is 276 g/mol. The van der Waals surface area contributed by atoms with Crippen LogP contribution in [0.15, 0.2) is 18.3 Å². The van der Waals surface area contributed by atoms with E-state index in [0.29, 0.717) is 6.04 Å². The summed E-state index contributed by atoms with van der Waals surface area (Å²) in [7, 11) is 0. The number of amides is 1. The number of piperazine rings is 1. The van der Waals surface area contributed by atoms with Crippen LogP contribution in [0.5, 0.6) is 0 Å².